The summed E-state index contributed by atoms with van der Waals surface area (Å²) in [7, 11) is 0. The van der Waals surface area contributed by atoms with Gasteiger partial charge in [-0.15, -0.1) is 11.3 Å². The third kappa shape index (κ3) is 3.64. The minimum Gasteiger partial charge on any atom is -0.481 e. The standard InChI is InChI=1S/C15H20N2O5S/c1-4-22-12(18)10-7-9(2)23-11(10)16-14(21)17-6-5-15(3,8-17)13(19)20/h7H,4-6,8H2,1-3H3,(H,16,21)(H,19,20). The van der Waals surface area contributed by atoms with Gasteiger partial charge in [0.15, 0.2) is 0 Å². The maximum atomic E-state index is 12.3. The van der Waals surface area contributed by atoms with Crippen LogP contribution in [0.25, 0.3) is 0 Å². The first-order valence-corrected chi connectivity index (χ1v) is 8.15. The van der Waals surface area contributed by atoms with E-state index in [1.54, 1.807) is 19.9 Å². The van der Waals surface area contributed by atoms with E-state index in [9.17, 15) is 19.5 Å². The molecule has 2 N–H and O–H groups in total. The van der Waals surface area contributed by atoms with Crippen molar-refractivity contribution in [2.24, 2.45) is 5.41 Å². The van der Waals surface area contributed by atoms with Crippen molar-refractivity contribution in [2.45, 2.75) is 27.2 Å². The van der Waals surface area contributed by atoms with Crippen molar-refractivity contribution < 1.29 is 24.2 Å². The topological polar surface area (TPSA) is 95.9 Å². The number of aryl methyl sites for hydroxylation is 1. The van der Waals surface area contributed by atoms with Crippen molar-refractivity contribution in [1.29, 1.82) is 0 Å². The van der Waals surface area contributed by atoms with E-state index >= 15 is 0 Å². The van der Waals surface area contributed by atoms with Crippen LogP contribution in [0.4, 0.5) is 9.80 Å². The summed E-state index contributed by atoms with van der Waals surface area (Å²) >= 11 is 1.29. The van der Waals surface area contributed by atoms with Gasteiger partial charge >= 0.3 is 18.0 Å². The van der Waals surface area contributed by atoms with Gasteiger partial charge in [-0.05, 0) is 33.3 Å². The number of aliphatic carboxylic acids is 1. The van der Waals surface area contributed by atoms with Crippen LogP contribution in [0.5, 0.6) is 0 Å². The Morgan fingerprint density at radius 1 is 1.48 bits per heavy atom. The first kappa shape index (κ1) is 17.3. The highest BCUT2D eigenvalue weighted by molar-refractivity contribution is 7.16. The zero-order chi connectivity index (χ0) is 17.2. The summed E-state index contributed by atoms with van der Waals surface area (Å²) in [6.45, 7) is 5.94. The third-order valence-corrected chi connectivity index (χ3v) is 4.81. The molecule has 1 aliphatic heterocycles. The van der Waals surface area contributed by atoms with E-state index in [-0.39, 0.29) is 13.2 Å². The van der Waals surface area contributed by atoms with Crippen molar-refractivity contribution in [3.05, 3.63) is 16.5 Å². The van der Waals surface area contributed by atoms with Gasteiger partial charge in [-0.25, -0.2) is 9.59 Å². The molecule has 0 aliphatic carbocycles. The average Bonchev–Trinajstić information content (AvgIpc) is 3.04. The molecule has 8 heteroatoms. The molecule has 23 heavy (non-hydrogen) atoms. The summed E-state index contributed by atoms with van der Waals surface area (Å²) in [5.74, 6) is -1.39. The van der Waals surface area contributed by atoms with E-state index in [2.05, 4.69) is 5.32 Å². The Hall–Kier alpha value is -2.09. The average molecular weight is 340 g/mol. The number of carboxylic acid groups (broad SMARTS) is 1. The molecule has 0 aromatic carbocycles. The van der Waals surface area contributed by atoms with Crippen molar-refractivity contribution in [1.82, 2.24) is 4.90 Å². The predicted octanol–water partition coefficient (Wildman–Crippen LogP) is 2.56. The molecule has 1 aliphatic rings. The number of likely N-dealkylation sites (tertiary alicyclic amines) is 1. The van der Waals surface area contributed by atoms with E-state index in [1.165, 1.54) is 16.2 Å². The smallest absolute Gasteiger partial charge is 0.341 e. The molecule has 126 valence electrons. The summed E-state index contributed by atoms with van der Waals surface area (Å²) in [4.78, 5) is 37.8. The quantitative estimate of drug-likeness (QED) is 0.821. The van der Waals surface area contributed by atoms with Crippen LogP contribution in [0.2, 0.25) is 0 Å². The van der Waals surface area contributed by atoms with Gasteiger partial charge in [0, 0.05) is 18.0 Å². The first-order valence-electron chi connectivity index (χ1n) is 7.33. The Morgan fingerprint density at radius 2 is 2.17 bits per heavy atom. The Balaban J connectivity index is 2.10. The molecule has 2 heterocycles. The molecule has 0 saturated carbocycles. The minimum atomic E-state index is -0.924. The van der Waals surface area contributed by atoms with Gasteiger partial charge in [0.25, 0.3) is 0 Å². The van der Waals surface area contributed by atoms with Gasteiger partial charge < -0.3 is 14.7 Å². The zero-order valence-electron chi connectivity index (χ0n) is 13.3. The number of anilines is 1. The van der Waals surface area contributed by atoms with Gasteiger partial charge in [0.05, 0.1) is 17.6 Å². The molecular formula is C15H20N2O5S. The van der Waals surface area contributed by atoms with Crippen LogP contribution in [-0.2, 0) is 9.53 Å². The van der Waals surface area contributed by atoms with Crippen LogP contribution in [0.1, 0.15) is 35.5 Å². The summed E-state index contributed by atoms with van der Waals surface area (Å²) < 4.78 is 4.98. The highest BCUT2D eigenvalue weighted by atomic mass is 32.1. The number of amides is 2. The molecule has 7 nitrogen and oxygen atoms in total. The molecule has 1 saturated heterocycles. The third-order valence-electron chi connectivity index (χ3n) is 3.85. The fourth-order valence-electron chi connectivity index (χ4n) is 2.45. The van der Waals surface area contributed by atoms with Crippen LogP contribution >= 0.6 is 11.3 Å². The lowest BCUT2D eigenvalue weighted by molar-refractivity contribution is -0.146. The van der Waals surface area contributed by atoms with E-state index in [0.717, 1.165) is 4.88 Å². The normalized spacial score (nSPS) is 20.4. The molecule has 2 rings (SSSR count). The Labute approximate surface area is 138 Å². The van der Waals surface area contributed by atoms with Gasteiger partial charge in [0.2, 0.25) is 0 Å². The van der Waals surface area contributed by atoms with Gasteiger partial charge in [-0.2, -0.15) is 0 Å². The van der Waals surface area contributed by atoms with E-state index in [4.69, 9.17) is 4.74 Å². The lowest BCUT2D eigenvalue weighted by atomic mass is 9.90. The number of urea groups is 1. The van der Waals surface area contributed by atoms with Gasteiger partial charge in [-0.1, -0.05) is 0 Å². The largest absolute Gasteiger partial charge is 0.481 e. The van der Waals surface area contributed by atoms with Gasteiger partial charge in [-0.3, -0.25) is 10.1 Å². The highest BCUT2D eigenvalue weighted by Gasteiger charge is 2.42. The maximum absolute atomic E-state index is 12.3. The van der Waals surface area contributed by atoms with E-state index < -0.39 is 23.4 Å². The SMILES string of the molecule is CCOC(=O)c1cc(C)sc1NC(=O)N1CCC(C)(C(=O)O)C1. The van der Waals surface area contributed by atoms with E-state index in [0.29, 0.717) is 23.5 Å². The number of carbonyl (C=O) groups excluding carboxylic acids is 2. The van der Waals surface area contributed by atoms with Crippen molar-refractivity contribution in [2.75, 3.05) is 25.0 Å². The monoisotopic (exact) mass is 340 g/mol. The Morgan fingerprint density at radius 3 is 2.74 bits per heavy atom. The van der Waals surface area contributed by atoms with Crippen LogP contribution in [0.3, 0.4) is 0 Å². The summed E-state index contributed by atoms with van der Waals surface area (Å²) in [6.07, 6.45) is 0.407. The van der Waals surface area contributed by atoms with Crippen LogP contribution in [0, 0.1) is 12.3 Å². The second-order valence-corrected chi connectivity index (χ2v) is 7.04. The number of hydrogen-bond acceptors (Lipinski definition) is 5. The van der Waals surface area contributed by atoms with E-state index in [1.807, 2.05) is 6.92 Å². The van der Waals surface area contributed by atoms with Crippen molar-refractivity contribution >= 4 is 34.3 Å². The first-order chi connectivity index (χ1) is 10.8. The summed E-state index contributed by atoms with van der Waals surface area (Å²) in [6, 6.07) is 1.27. The molecule has 0 radical (unpaired) electrons. The Bertz CT molecular complexity index is 642. The highest BCUT2D eigenvalue weighted by Crippen LogP contribution is 2.32. The number of thiophene rings is 1. The number of hydrogen-bond donors (Lipinski definition) is 2. The van der Waals surface area contributed by atoms with Gasteiger partial charge in [0.1, 0.15) is 5.00 Å². The predicted molar refractivity (Wildman–Crippen MR) is 86.0 cm³/mol. The molecule has 1 fully saturated rings. The number of esters is 1. The number of nitrogens with one attached hydrogen (secondary N) is 1. The summed E-state index contributed by atoms with van der Waals surface area (Å²) in [5, 5.41) is 12.4. The van der Waals surface area contributed by atoms with Crippen LogP contribution < -0.4 is 5.32 Å². The van der Waals surface area contributed by atoms with Crippen LogP contribution in [-0.4, -0.2) is 47.7 Å². The number of nitrogens with zero attached hydrogens (tertiary/aromatic N) is 1. The fraction of sp³-hybridized carbons (Fsp3) is 0.533. The second-order valence-electron chi connectivity index (χ2n) is 5.79. The molecule has 1 unspecified atom stereocenters. The Kier molecular flexibility index (Phi) is 4.93. The summed E-state index contributed by atoms with van der Waals surface area (Å²) in [5.41, 5.74) is -0.602. The lowest BCUT2D eigenvalue weighted by Gasteiger charge is -2.20. The number of ether oxygens (including phenoxy) is 1. The molecular weight excluding hydrogens is 320 g/mol. The number of rotatable bonds is 4. The lowest BCUT2D eigenvalue weighted by Crippen LogP contribution is -2.37. The number of carbonyl (C=O) groups is 3. The van der Waals surface area contributed by atoms with Crippen molar-refractivity contribution in [3.8, 4) is 0 Å². The second kappa shape index (κ2) is 6.57. The molecule has 1 aromatic heterocycles. The molecule has 1 atom stereocenters. The molecule has 0 bridgehead atoms. The zero-order valence-corrected chi connectivity index (χ0v) is 14.2. The minimum absolute atomic E-state index is 0.146. The fourth-order valence-corrected chi connectivity index (χ4v) is 3.34. The number of carboxylic acids is 1. The maximum Gasteiger partial charge on any atom is 0.341 e. The van der Waals surface area contributed by atoms with Crippen molar-refractivity contribution in [3.63, 3.8) is 0 Å². The van der Waals surface area contributed by atoms with Crippen LogP contribution in [0.15, 0.2) is 6.07 Å². The molecule has 0 spiro atoms. The molecule has 2 amide bonds. The molecule has 1 aromatic rings.